The third-order valence-electron chi connectivity index (χ3n) is 4.90. The lowest BCUT2D eigenvalue weighted by Crippen LogP contribution is -2.69. The number of fused-ring (bicyclic) bond motifs is 3. The Labute approximate surface area is 145 Å². The normalized spacial score (nSPS) is 24.2. The van der Waals surface area contributed by atoms with Crippen molar-refractivity contribution < 1.29 is 9.90 Å². The first-order valence-corrected chi connectivity index (χ1v) is 8.36. The lowest BCUT2D eigenvalue weighted by atomic mass is 9.73. The van der Waals surface area contributed by atoms with Gasteiger partial charge in [0.05, 0.1) is 29.4 Å². The number of urea groups is 1. The number of carbonyl (C=O) groups is 1. The molecule has 3 N–H and O–H groups in total. The Morgan fingerprint density at radius 2 is 2.00 bits per heavy atom. The molecule has 0 unspecified atom stereocenters. The van der Waals surface area contributed by atoms with Gasteiger partial charge in [-0.1, -0.05) is 41.9 Å². The van der Waals surface area contributed by atoms with E-state index >= 15 is 0 Å². The number of aliphatic hydroxyl groups excluding tert-OH is 1. The highest BCUT2D eigenvalue weighted by Gasteiger charge is 2.53. The summed E-state index contributed by atoms with van der Waals surface area (Å²) in [4.78, 5) is 14.4. The van der Waals surface area contributed by atoms with Crippen LogP contribution < -0.4 is 10.6 Å². The number of nitrogens with one attached hydrogen (secondary N) is 2. The minimum Gasteiger partial charge on any atom is -0.394 e. The number of hydrogen-bond donors (Lipinski definition) is 3. The highest BCUT2D eigenvalue weighted by molar-refractivity contribution is 6.33. The van der Waals surface area contributed by atoms with Gasteiger partial charge >= 0.3 is 6.03 Å². The molecule has 2 heterocycles. The topological polar surface area (TPSA) is 64.6 Å². The summed E-state index contributed by atoms with van der Waals surface area (Å²) >= 11 is 6.11. The fraction of sp³-hybridized carbons (Fsp3) is 0.278. The van der Waals surface area contributed by atoms with Crippen LogP contribution in [0.5, 0.6) is 0 Å². The smallest absolute Gasteiger partial charge is 0.322 e. The van der Waals surface area contributed by atoms with E-state index in [1.165, 1.54) is 0 Å². The number of anilines is 2. The van der Waals surface area contributed by atoms with Crippen LogP contribution in [0.1, 0.15) is 11.5 Å². The number of halogens is 1. The van der Waals surface area contributed by atoms with Crippen molar-refractivity contribution in [1.29, 1.82) is 0 Å². The number of hydrogen-bond acceptors (Lipinski definition) is 3. The Balaban J connectivity index is 1.57. The maximum Gasteiger partial charge on any atom is 0.322 e. The maximum absolute atomic E-state index is 12.7. The van der Waals surface area contributed by atoms with E-state index in [0.717, 1.165) is 11.3 Å². The molecule has 1 saturated heterocycles. The molecule has 124 valence electrons. The molecule has 0 aliphatic carbocycles. The van der Waals surface area contributed by atoms with Gasteiger partial charge in [-0.3, -0.25) is 0 Å². The lowest BCUT2D eigenvalue weighted by molar-refractivity contribution is 0.000873. The second-order valence-electron chi connectivity index (χ2n) is 6.13. The monoisotopic (exact) mass is 343 g/mol. The zero-order chi connectivity index (χ0) is 16.7. The van der Waals surface area contributed by atoms with Crippen molar-refractivity contribution in [3.63, 3.8) is 0 Å². The van der Waals surface area contributed by atoms with Crippen LogP contribution in [-0.4, -0.2) is 41.3 Å². The van der Waals surface area contributed by atoms with Crippen molar-refractivity contribution in [3.05, 3.63) is 59.1 Å². The van der Waals surface area contributed by atoms with Crippen molar-refractivity contribution in [2.24, 2.45) is 0 Å². The highest BCUT2D eigenvalue weighted by atomic mass is 35.5. The van der Waals surface area contributed by atoms with Crippen LogP contribution in [0.4, 0.5) is 16.2 Å². The number of carbonyl (C=O) groups excluding carboxylic acids is 1. The molecule has 1 fully saturated rings. The molecule has 2 aliphatic heterocycles. The molecule has 0 aromatic heterocycles. The van der Waals surface area contributed by atoms with E-state index in [4.69, 9.17) is 11.6 Å². The Morgan fingerprint density at radius 1 is 1.25 bits per heavy atom. The Kier molecular flexibility index (Phi) is 3.82. The largest absolute Gasteiger partial charge is 0.394 e. The van der Waals surface area contributed by atoms with Gasteiger partial charge in [-0.25, -0.2) is 4.79 Å². The number of amides is 2. The zero-order valence-electron chi connectivity index (χ0n) is 12.9. The fourth-order valence-corrected chi connectivity index (χ4v) is 3.98. The maximum atomic E-state index is 12.7. The average molecular weight is 344 g/mol. The van der Waals surface area contributed by atoms with Gasteiger partial charge < -0.3 is 20.6 Å². The third kappa shape index (κ3) is 2.32. The second kappa shape index (κ2) is 6.00. The molecular weight excluding hydrogens is 326 g/mol. The number of benzene rings is 2. The van der Waals surface area contributed by atoms with E-state index in [9.17, 15) is 9.90 Å². The molecule has 0 saturated carbocycles. The van der Waals surface area contributed by atoms with Gasteiger partial charge in [0.15, 0.2) is 0 Å². The van der Waals surface area contributed by atoms with E-state index in [1.54, 1.807) is 17.0 Å². The van der Waals surface area contributed by atoms with Crippen molar-refractivity contribution in [2.75, 3.05) is 23.8 Å². The molecule has 0 bridgehead atoms. The summed E-state index contributed by atoms with van der Waals surface area (Å²) in [5, 5.41) is 16.5. The molecule has 2 aromatic carbocycles. The number of rotatable bonds is 2. The third-order valence-corrected chi connectivity index (χ3v) is 5.23. The SMILES string of the molecule is O=C(Nc1ccccc1Cl)N1[C@@H](CO)[C@@H]2c3ccccc3NC[C@@H]21. The van der Waals surface area contributed by atoms with Crippen molar-refractivity contribution in [3.8, 4) is 0 Å². The van der Waals surface area contributed by atoms with Gasteiger partial charge in [-0.15, -0.1) is 0 Å². The first kappa shape index (κ1) is 15.3. The summed E-state index contributed by atoms with van der Waals surface area (Å²) in [7, 11) is 0. The van der Waals surface area contributed by atoms with Crippen LogP contribution >= 0.6 is 11.6 Å². The molecule has 6 heteroatoms. The van der Waals surface area contributed by atoms with Crippen molar-refractivity contribution in [2.45, 2.75) is 18.0 Å². The number of likely N-dealkylation sites (tertiary alicyclic amines) is 1. The molecule has 2 amide bonds. The van der Waals surface area contributed by atoms with E-state index in [-0.39, 0.29) is 30.6 Å². The molecular formula is C18H18ClN3O2. The second-order valence-corrected chi connectivity index (χ2v) is 6.54. The fourth-order valence-electron chi connectivity index (χ4n) is 3.80. The van der Waals surface area contributed by atoms with Crippen LogP contribution in [0.2, 0.25) is 5.02 Å². The van der Waals surface area contributed by atoms with Gasteiger partial charge in [0.1, 0.15) is 0 Å². The predicted octanol–water partition coefficient (Wildman–Crippen LogP) is 3.13. The Hall–Kier alpha value is -2.24. The van der Waals surface area contributed by atoms with Crippen LogP contribution in [0.15, 0.2) is 48.5 Å². The summed E-state index contributed by atoms with van der Waals surface area (Å²) in [6.07, 6.45) is 0. The molecule has 5 nitrogen and oxygen atoms in total. The Morgan fingerprint density at radius 3 is 2.79 bits per heavy atom. The van der Waals surface area contributed by atoms with E-state index in [0.29, 0.717) is 17.3 Å². The van der Waals surface area contributed by atoms with Gasteiger partial charge in [0.25, 0.3) is 0 Å². The van der Waals surface area contributed by atoms with Gasteiger partial charge in [0.2, 0.25) is 0 Å². The van der Waals surface area contributed by atoms with Crippen LogP contribution in [0, 0.1) is 0 Å². The van der Waals surface area contributed by atoms with E-state index < -0.39 is 0 Å². The first-order chi connectivity index (χ1) is 11.7. The van der Waals surface area contributed by atoms with Crippen molar-refractivity contribution in [1.82, 2.24) is 4.90 Å². The first-order valence-electron chi connectivity index (χ1n) is 7.98. The molecule has 0 spiro atoms. The minimum absolute atomic E-state index is 0.0273. The van der Waals surface area contributed by atoms with Crippen molar-refractivity contribution >= 4 is 29.0 Å². The summed E-state index contributed by atoms with van der Waals surface area (Å²) in [5.74, 6) is 0.157. The predicted molar refractivity (Wildman–Crippen MR) is 94.6 cm³/mol. The average Bonchev–Trinajstić information content (AvgIpc) is 2.57. The quantitative estimate of drug-likeness (QED) is 0.785. The number of aliphatic hydroxyl groups is 1. The summed E-state index contributed by atoms with van der Waals surface area (Å²) < 4.78 is 0. The van der Waals surface area contributed by atoms with Crippen LogP contribution in [-0.2, 0) is 0 Å². The van der Waals surface area contributed by atoms with Gasteiger partial charge in [-0.05, 0) is 23.8 Å². The van der Waals surface area contributed by atoms with Gasteiger partial charge in [-0.2, -0.15) is 0 Å². The summed E-state index contributed by atoms with van der Waals surface area (Å²) in [6, 6.07) is 14.8. The number of nitrogens with zero attached hydrogens (tertiary/aromatic N) is 1. The molecule has 3 atom stereocenters. The van der Waals surface area contributed by atoms with Gasteiger partial charge in [0, 0.05) is 18.2 Å². The highest BCUT2D eigenvalue weighted by Crippen LogP contribution is 2.46. The molecule has 0 radical (unpaired) electrons. The van der Waals surface area contributed by atoms with E-state index in [2.05, 4.69) is 16.7 Å². The summed E-state index contributed by atoms with van der Waals surface area (Å²) in [5.41, 5.74) is 2.83. The molecule has 4 rings (SSSR count). The summed E-state index contributed by atoms with van der Waals surface area (Å²) in [6.45, 7) is 0.611. The number of para-hydroxylation sites is 2. The molecule has 2 aromatic rings. The minimum atomic E-state index is -0.232. The van der Waals surface area contributed by atoms with Crippen LogP contribution in [0.25, 0.3) is 0 Å². The lowest BCUT2D eigenvalue weighted by Gasteiger charge is -2.57. The standard InChI is InChI=1S/C18H18ClN3O2/c19-12-6-2-4-8-14(12)21-18(24)22-15-9-20-13-7-3-1-5-11(13)17(15)16(22)10-23/h1-8,15-17,20,23H,9-10H2,(H,21,24)/t15-,16-,17+/m0/s1. The van der Waals surface area contributed by atoms with E-state index in [1.807, 2.05) is 30.3 Å². The zero-order valence-corrected chi connectivity index (χ0v) is 13.7. The Bertz CT molecular complexity index is 782. The van der Waals surface area contributed by atoms with Crippen LogP contribution in [0.3, 0.4) is 0 Å². The molecule has 24 heavy (non-hydrogen) atoms. The molecule has 2 aliphatic rings.